The zero-order valence-electron chi connectivity index (χ0n) is 9.72. The van der Waals surface area contributed by atoms with Gasteiger partial charge in [-0.2, -0.15) is 0 Å². The lowest BCUT2D eigenvalue weighted by atomic mass is 10.2. The Balaban J connectivity index is 2.47. The van der Waals surface area contributed by atoms with Crippen molar-refractivity contribution in [2.24, 2.45) is 5.73 Å². The molecule has 0 fully saturated rings. The van der Waals surface area contributed by atoms with Crippen molar-refractivity contribution in [2.45, 2.75) is 5.75 Å². The number of amides is 2. The fraction of sp³-hybridized carbons (Fsp3) is 0.300. The third kappa shape index (κ3) is 5.51. The van der Waals surface area contributed by atoms with Gasteiger partial charge in [0.2, 0.25) is 10.0 Å². The van der Waals surface area contributed by atoms with Crippen molar-refractivity contribution in [3.63, 3.8) is 0 Å². The number of nitrogen functional groups attached to an aromatic ring is 1. The van der Waals surface area contributed by atoms with Crippen LogP contribution in [0.5, 0.6) is 0 Å². The summed E-state index contributed by atoms with van der Waals surface area (Å²) in [6.45, 7) is 0.235. The second kappa shape index (κ2) is 6.22. The van der Waals surface area contributed by atoms with Gasteiger partial charge in [-0.3, -0.25) is 0 Å². The lowest BCUT2D eigenvalue weighted by Gasteiger charge is -2.07. The predicted octanol–water partition coefficient (Wildman–Crippen LogP) is -0.643. The van der Waals surface area contributed by atoms with E-state index in [1.54, 1.807) is 24.3 Å². The van der Waals surface area contributed by atoms with Crippen LogP contribution in [0.25, 0.3) is 0 Å². The summed E-state index contributed by atoms with van der Waals surface area (Å²) < 4.78 is 25.7. The molecule has 1 aromatic carbocycles. The van der Waals surface area contributed by atoms with Crippen molar-refractivity contribution >= 4 is 21.7 Å². The fourth-order valence-corrected chi connectivity index (χ4v) is 2.48. The van der Waals surface area contributed by atoms with Crippen molar-refractivity contribution in [3.05, 3.63) is 29.8 Å². The first-order valence-corrected chi connectivity index (χ1v) is 6.89. The predicted molar refractivity (Wildman–Crippen MR) is 69.1 cm³/mol. The van der Waals surface area contributed by atoms with Gasteiger partial charge in [0.15, 0.2) is 0 Å². The number of carbonyl (C=O) groups excluding carboxylic acids is 1. The van der Waals surface area contributed by atoms with Crippen molar-refractivity contribution in [1.82, 2.24) is 10.0 Å². The Hall–Kier alpha value is -1.80. The molecule has 1 aromatic rings. The van der Waals surface area contributed by atoms with Crippen LogP contribution in [0.15, 0.2) is 24.3 Å². The average Bonchev–Trinajstić information content (AvgIpc) is 2.23. The number of hydrogen-bond donors (Lipinski definition) is 4. The quantitative estimate of drug-likeness (QED) is 0.405. The minimum atomic E-state index is -3.45. The molecule has 0 radical (unpaired) electrons. The third-order valence-electron chi connectivity index (χ3n) is 2.05. The fourth-order valence-electron chi connectivity index (χ4n) is 1.35. The van der Waals surface area contributed by atoms with Gasteiger partial charge in [0.25, 0.3) is 0 Å². The Labute approximate surface area is 106 Å². The monoisotopic (exact) mass is 272 g/mol. The molecular formula is C10H16N4O3S. The molecule has 0 atom stereocenters. The zero-order valence-corrected chi connectivity index (χ0v) is 10.5. The zero-order chi connectivity index (χ0) is 13.6. The number of nitrogens with one attached hydrogen (secondary N) is 2. The first kappa shape index (κ1) is 14.3. The second-order valence-corrected chi connectivity index (χ2v) is 5.50. The summed E-state index contributed by atoms with van der Waals surface area (Å²) in [5.74, 6) is -0.158. The maximum Gasteiger partial charge on any atom is 0.312 e. The first-order chi connectivity index (χ1) is 8.39. The van der Waals surface area contributed by atoms with E-state index in [2.05, 4.69) is 10.0 Å². The van der Waals surface area contributed by atoms with E-state index in [1.807, 2.05) is 0 Å². The average molecular weight is 272 g/mol. The normalized spacial score (nSPS) is 11.1. The molecule has 7 nitrogen and oxygen atoms in total. The third-order valence-corrected chi connectivity index (χ3v) is 3.41. The van der Waals surface area contributed by atoms with Crippen LogP contribution in [0.2, 0.25) is 0 Å². The van der Waals surface area contributed by atoms with Crippen molar-refractivity contribution in [3.8, 4) is 0 Å². The van der Waals surface area contributed by atoms with Crippen LogP contribution >= 0.6 is 0 Å². The molecule has 0 aromatic heterocycles. The van der Waals surface area contributed by atoms with E-state index in [0.29, 0.717) is 11.3 Å². The molecule has 0 saturated carbocycles. The lowest BCUT2D eigenvalue weighted by Crippen LogP contribution is -2.37. The second-order valence-electron chi connectivity index (χ2n) is 3.69. The van der Waals surface area contributed by atoms with Crippen LogP contribution in [0, 0.1) is 0 Å². The smallest absolute Gasteiger partial charge is 0.312 e. The highest BCUT2D eigenvalue weighted by atomic mass is 32.2. The molecule has 0 aliphatic heterocycles. The Bertz CT molecular complexity index is 516. The summed E-state index contributed by atoms with van der Waals surface area (Å²) in [6.07, 6.45) is 0. The van der Waals surface area contributed by atoms with E-state index in [0.717, 1.165) is 0 Å². The van der Waals surface area contributed by atoms with Crippen molar-refractivity contribution in [1.29, 1.82) is 0 Å². The number of urea groups is 1. The molecule has 1 rings (SSSR count). The number of sulfonamides is 1. The number of rotatable bonds is 6. The van der Waals surface area contributed by atoms with E-state index < -0.39 is 16.1 Å². The number of benzene rings is 1. The maximum absolute atomic E-state index is 11.7. The van der Waals surface area contributed by atoms with Gasteiger partial charge >= 0.3 is 6.03 Å². The Kier molecular flexibility index (Phi) is 4.93. The topological polar surface area (TPSA) is 127 Å². The summed E-state index contributed by atoms with van der Waals surface area (Å²) in [6, 6.07) is 5.96. The Morgan fingerprint density at radius 1 is 1.28 bits per heavy atom. The van der Waals surface area contributed by atoms with Crippen LogP contribution in [-0.2, 0) is 15.8 Å². The molecular weight excluding hydrogens is 256 g/mol. The molecule has 0 aliphatic carbocycles. The highest BCUT2D eigenvalue weighted by molar-refractivity contribution is 7.88. The number of hydrogen-bond acceptors (Lipinski definition) is 4. The molecule has 0 saturated heterocycles. The number of nitrogens with two attached hydrogens (primary N) is 2. The van der Waals surface area contributed by atoms with Gasteiger partial charge < -0.3 is 16.8 Å². The summed E-state index contributed by atoms with van der Waals surface area (Å²) in [7, 11) is -3.45. The van der Waals surface area contributed by atoms with Gasteiger partial charge in [0.1, 0.15) is 0 Å². The van der Waals surface area contributed by atoms with E-state index in [9.17, 15) is 13.2 Å². The standard InChI is InChI=1S/C10H16N4O3S/c11-9-3-1-2-8(6-9)7-18(16,17)14-5-4-13-10(12)15/h1-3,6,14H,4-5,7,11H2,(H3,12,13,15). The van der Waals surface area contributed by atoms with Crippen LogP contribution in [0.3, 0.4) is 0 Å². The first-order valence-electron chi connectivity index (χ1n) is 5.24. The summed E-state index contributed by atoms with van der Waals surface area (Å²) in [5.41, 5.74) is 11.5. The van der Waals surface area contributed by atoms with Gasteiger partial charge in [-0.05, 0) is 17.7 Å². The largest absolute Gasteiger partial charge is 0.399 e. The minimum Gasteiger partial charge on any atom is -0.399 e. The molecule has 0 heterocycles. The highest BCUT2D eigenvalue weighted by Crippen LogP contribution is 2.09. The van der Waals surface area contributed by atoms with Gasteiger partial charge in [0.05, 0.1) is 5.75 Å². The number of primary amides is 1. The van der Waals surface area contributed by atoms with Gasteiger partial charge in [-0.1, -0.05) is 12.1 Å². The van der Waals surface area contributed by atoms with Crippen molar-refractivity contribution in [2.75, 3.05) is 18.8 Å². The molecule has 0 aliphatic rings. The molecule has 0 unspecified atom stereocenters. The van der Waals surface area contributed by atoms with Crippen LogP contribution in [-0.4, -0.2) is 27.5 Å². The number of anilines is 1. The van der Waals surface area contributed by atoms with Crippen LogP contribution < -0.4 is 21.5 Å². The summed E-state index contributed by atoms with van der Waals surface area (Å²) >= 11 is 0. The summed E-state index contributed by atoms with van der Waals surface area (Å²) in [5, 5.41) is 2.28. The molecule has 8 heteroatoms. The molecule has 2 amide bonds. The molecule has 18 heavy (non-hydrogen) atoms. The Morgan fingerprint density at radius 3 is 2.61 bits per heavy atom. The summed E-state index contributed by atoms with van der Waals surface area (Å²) in [4.78, 5) is 10.4. The molecule has 0 spiro atoms. The molecule has 6 N–H and O–H groups in total. The minimum absolute atomic E-state index is 0.0909. The lowest BCUT2D eigenvalue weighted by molar-refractivity contribution is 0.249. The van der Waals surface area contributed by atoms with E-state index in [4.69, 9.17) is 11.5 Å². The molecule has 0 bridgehead atoms. The van der Waals surface area contributed by atoms with Gasteiger partial charge in [-0.15, -0.1) is 0 Å². The van der Waals surface area contributed by atoms with Crippen molar-refractivity contribution < 1.29 is 13.2 Å². The van der Waals surface area contributed by atoms with Gasteiger partial charge in [0, 0.05) is 18.8 Å². The van der Waals surface area contributed by atoms with E-state index in [-0.39, 0.29) is 18.8 Å². The number of carbonyl (C=O) groups is 1. The van der Waals surface area contributed by atoms with E-state index in [1.165, 1.54) is 0 Å². The maximum atomic E-state index is 11.7. The SMILES string of the molecule is NC(=O)NCCNS(=O)(=O)Cc1cccc(N)c1. The highest BCUT2D eigenvalue weighted by Gasteiger charge is 2.10. The van der Waals surface area contributed by atoms with Gasteiger partial charge in [-0.25, -0.2) is 17.9 Å². The van der Waals surface area contributed by atoms with Crippen LogP contribution in [0.4, 0.5) is 10.5 Å². The molecule has 100 valence electrons. The van der Waals surface area contributed by atoms with Crippen LogP contribution in [0.1, 0.15) is 5.56 Å². The van der Waals surface area contributed by atoms with E-state index >= 15 is 0 Å². The Morgan fingerprint density at radius 2 is 2.00 bits per heavy atom.